The monoisotopic (exact) mass is 850 g/mol. The van der Waals surface area contributed by atoms with Crippen molar-refractivity contribution in [2.24, 2.45) is 0 Å². The van der Waals surface area contributed by atoms with Gasteiger partial charge in [0.2, 0.25) is 10.6 Å². The highest BCUT2D eigenvalue weighted by atomic mass is 35.5. The topological polar surface area (TPSA) is 114 Å². The molecule has 0 radical (unpaired) electrons. The molecule has 0 saturated carbocycles. The van der Waals surface area contributed by atoms with Crippen LogP contribution in [0.3, 0.4) is 0 Å². The van der Waals surface area contributed by atoms with E-state index >= 15 is 0 Å². The fourth-order valence-electron chi connectivity index (χ4n) is 5.66. The van der Waals surface area contributed by atoms with E-state index in [0.717, 1.165) is 74.2 Å². The number of hydrogen-bond donors (Lipinski definition) is 1. The van der Waals surface area contributed by atoms with Gasteiger partial charge in [0.15, 0.2) is 6.29 Å². The predicted octanol–water partition coefficient (Wildman–Crippen LogP) is 12.5. The van der Waals surface area contributed by atoms with Gasteiger partial charge in [-0.1, -0.05) is 0 Å². The smallest absolute Gasteiger partial charge is 0.304 e. The number of carbonyl (C=O) groups excluding carboxylic acids is 1. The molecule has 0 fully saturated rings. The summed E-state index contributed by atoms with van der Waals surface area (Å²) in [6, 6.07) is 12.3. The van der Waals surface area contributed by atoms with Crippen LogP contribution in [0.5, 0.6) is 0 Å². The van der Waals surface area contributed by atoms with E-state index in [1.54, 1.807) is 56.7 Å². The SMILES string of the molecule is Cc1cc2c(-c3sc(C=O)cc3C)nc(Cl)nc2s1.Cc1cc2c(-c3sccc3C)[nH]c(=O)nc2s1.Cc1cc2c(-c3sccc3C)nc(Cl)nc2s1. The quantitative estimate of drug-likeness (QED) is 0.138. The van der Waals surface area contributed by atoms with Crippen molar-refractivity contribution < 1.29 is 4.79 Å². The Morgan fingerprint density at radius 3 is 1.57 bits per heavy atom. The molecule has 0 aromatic carbocycles. The van der Waals surface area contributed by atoms with Gasteiger partial charge in [-0.2, -0.15) is 4.98 Å². The molecule has 0 aliphatic rings. The van der Waals surface area contributed by atoms with Crippen molar-refractivity contribution in [2.45, 2.75) is 41.5 Å². The maximum Gasteiger partial charge on any atom is 0.346 e. The molecule has 9 heterocycles. The van der Waals surface area contributed by atoms with Crippen molar-refractivity contribution in [3.05, 3.63) is 104 Å². The fourth-order valence-corrected chi connectivity index (χ4v) is 11.6. The van der Waals surface area contributed by atoms with Crippen LogP contribution in [0.15, 0.2) is 52.0 Å². The molecule has 1 N–H and O–H groups in total. The number of fused-ring (bicyclic) bond motifs is 3. The molecule has 0 spiro atoms. The molecule has 0 saturated heterocycles. The summed E-state index contributed by atoms with van der Waals surface area (Å²) in [6.07, 6.45) is 0.861. The Bertz CT molecular complexity index is 2860. The van der Waals surface area contributed by atoms with Crippen LogP contribution in [0.1, 0.15) is 41.0 Å². The van der Waals surface area contributed by atoms with Gasteiger partial charge in [0.1, 0.15) is 14.5 Å². The van der Waals surface area contributed by atoms with E-state index in [9.17, 15) is 9.59 Å². The van der Waals surface area contributed by atoms with Crippen LogP contribution < -0.4 is 5.69 Å². The molecule has 16 heteroatoms. The summed E-state index contributed by atoms with van der Waals surface area (Å²) in [5.41, 5.74) is 5.84. The first-order valence-corrected chi connectivity index (χ1v) is 21.7. The standard InChI is InChI=1S/C13H9ClN2OS2.C12H9ClN2S2.C12H10N2OS2/c1-6-3-8(5-17)19-11(6)10-9-4-7(2)18-12(9)16-13(14)15-10;1-6-3-4-16-10(6)9-8-5-7(2)17-11(8)15-12(13)14-9;1-6-3-4-16-10(6)9-8-5-7(2)17-11(8)14-12(15)13-9/h3-5H,1-2H3;3-5H,1-2H3;3-5H,1-2H3,(H,13,14,15). The largest absolute Gasteiger partial charge is 0.346 e. The summed E-state index contributed by atoms with van der Waals surface area (Å²) < 4.78 is 0. The molecule has 0 aliphatic heterocycles. The van der Waals surface area contributed by atoms with Crippen molar-refractivity contribution in [3.63, 3.8) is 0 Å². The average molecular weight is 852 g/mol. The van der Waals surface area contributed by atoms with Crippen molar-refractivity contribution >= 4 is 128 Å². The Balaban J connectivity index is 0.000000123. The Labute approximate surface area is 337 Å². The van der Waals surface area contributed by atoms with Gasteiger partial charge in [-0.25, -0.2) is 24.7 Å². The first-order chi connectivity index (χ1) is 25.4. The summed E-state index contributed by atoms with van der Waals surface area (Å²) >= 11 is 21.6. The lowest BCUT2D eigenvalue weighted by molar-refractivity contribution is 0.112. The molecule has 9 rings (SSSR count). The Hall–Kier alpha value is -3.73. The molecule has 8 nitrogen and oxygen atoms in total. The minimum atomic E-state index is -0.276. The molecule has 0 unspecified atom stereocenters. The maximum atomic E-state index is 11.6. The van der Waals surface area contributed by atoms with E-state index in [0.29, 0.717) is 10.2 Å². The number of nitrogens with one attached hydrogen (secondary N) is 1. The number of aromatic nitrogens is 6. The molecule has 0 aliphatic carbocycles. The van der Waals surface area contributed by atoms with Crippen molar-refractivity contribution in [2.75, 3.05) is 0 Å². The van der Waals surface area contributed by atoms with Crippen LogP contribution in [0.4, 0.5) is 0 Å². The number of halogens is 2. The summed E-state index contributed by atoms with van der Waals surface area (Å²) in [4.78, 5) is 56.8. The Morgan fingerprint density at radius 1 is 0.585 bits per heavy atom. The lowest BCUT2D eigenvalue weighted by Crippen LogP contribution is -2.10. The number of rotatable bonds is 4. The van der Waals surface area contributed by atoms with Gasteiger partial charge in [-0.15, -0.1) is 68.0 Å². The van der Waals surface area contributed by atoms with Crippen LogP contribution in [0.25, 0.3) is 62.4 Å². The number of aromatic amines is 1. The third-order valence-electron chi connectivity index (χ3n) is 7.95. The van der Waals surface area contributed by atoms with Gasteiger partial charge in [-0.05, 0) is 129 Å². The number of hydrogen-bond acceptors (Lipinski definition) is 13. The summed E-state index contributed by atoms with van der Waals surface area (Å²) in [5, 5.41) is 7.81. The number of H-pyrrole nitrogens is 1. The Kier molecular flexibility index (Phi) is 11.0. The summed E-state index contributed by atoms with van der Waals surface area (Å²) in [6.45, 7) is 12.2. The van der Waals surface area contributed by atoms with E-state index in [4.69, 9.17) is 23.2 Å². The molecule has 9 aromatic heterocycles. The van der Waals surface area contributed by atoms with E-state index in [1.807, 2.05) is 32.2 Å². The third kappa shape index (κ3) is 7.91. The second-order valence-electron chi connectivity index (χ2n) is 12.0. The van der Waals surface area contributed by atoms with Gasteiger partial charge in [0, 0.05) is 30.8 Å². The summed E-state index contributed by atoms with van der Waals surface area (Å²) in [7, 11) is 0. The van der Waals surface area contributed by atoms with E-state index < -0.39 is 0 Å². The first-order valence-electron chi connectivity index (χ1n) is 15.9. The van der Waals surface area contributed by atoms with Crippen molar-refractivity contribution in [1.82, 2.24) is 29.9 Å². The van der Waals surface area contributed by atoms with E-state index in [2.05, 4.69) is 86.4 Å². The van der Waals surface area contributed by atoms with Crippen LogP contribution >= 0.6 is 91.2 Å². The van der Waals surface area contributed by atoms with E-state index in [-0.39, 0.29) is 11.0 Å². The fraction of sp³-hybridized carbons (Fsp3) is 0.162. The van der Waals surface area contributed by atoms with Gasteiger partial charge >= 0.3 is 5.69 Å². The van der Waals surface area contributed by atoms with Crippen LogP contribution in [0.2, 0.25) is 10.6 Å². The number of carbonyl (C=O) groups is 1. The van der Waals surface area contributed by atoms with Crippen LogP contribution in [0, 0.1) is 41.5 Å². The molecule has 0 atom stereocenters. The maximum absolute atomic E-state index is 11.6. The lowest BCUT2D eigenvalue weighted by Gasteiger charge is -2.01. The third-order valence-corrected chi connectivity index (χ3v) is 14.3. The van der Waals surface area contributed by atoms with Gasteiger partial charge in [0.05, 0.1) is 36.6 Å². The first kappa shape index (κ1) is 37.6. The zero-order chi connectivity index (χ0) is 37.6. The number of aldehydes is 1. The minimum Gasteiger partial charge on any atom is -0.304 e. The van der Waals surface area contributed by atoms with Crippen molar-refractivity contribution in [1.29, 1.82) is 0 Å². The second-order valence-corrected chi connectivity index (χ2v) is 19.3. The molecule has 268 valence electrons. The van der Waals surface area contributed by atoms with E-state index in [1.165, 1.54) is 37.1 Å². The Morgan fingerprint density at radius 2 is 1.08 bits per heavy atom. The summed E-state index contributed by atoms with van der Waals surface area (Å²) in [5.74, 6) is 0. The second kappa shape index (κ2) is 15.6. The molecule has 0 bridgehead atoms. The highest BCUT2D eigenvalue weighted by Gasteiger charge is 2.17. The highest BCUT2D eigenvalue weighted by Crippen LogP contribution is 2.39. The predicted molar refractivity (Wildman–Crippen MR) is 229 cm³/mol. The number of thiophene rings is 6. The zero-order valence-corrected chi connectivity index (χ0v) is 35.4. The van der Waals surface area contributed by atoms with Crippen LogP contribution in [-0.2, 0) is 0 Å². The van der Waals surface area contributed by atoms with Crippen molar-refractivity contribution in [3.8, 4) is 31.7 Å². The van der Waals surface area contributed by atoms with Crippen LogP contribution in [-0.4, -0.2) is 36.2 Å². The molecular weight excluding hydrogens is 824 g/mol. The average Bonchev–Trinajstić information content (AvgIpc) is 3.96. The van der Waals surface area contributed by atoms with Gasteiger partial charge in [0.25, 0.3) is 0 Å². The van der Waals surface area contributed by atoms with Gasteiger partial charge < -0.3 is 4.98 Å². The molecule has 0 amide bonds. The lowest BCUT2D eigenvalue weighted by atomic mass is 10.2. The van der Waals surface area contributed by atoms with Gasteiger partial charge in [-0.3, -0.25) is 4.79 Å². The normalized spacial score (nSPS) is 11.2. The minimum absolute atomic E-state index is 0.241. The highest BCUT2D eigenvalue weighted by molar-refractivity contribution is 7.20. The zero-order valence-electron chi connectivity index (χ0n) is 29.0. The number of aryl methyl sites for hydroxylation is 6. The number of nitrogens with zero attached hydrogens (tertiary/aromatic N) is 5. The molecule has 53 heavy (non-hydrogen) atoms. The molecular formula is C37H28Cl2N6O2S6. The molecule has 9 aromatic rings.